The Kier molecular flexibility index (Phi) is 6.62. The smallest absolute Gasteiger partial charge is 0.338 e. The molecule has 0 aromatic heterocycles. The summed E-state index contributed by atoms with van der Waals surface area (Å²) in [4.78, 5) is 29.4. The Morgan fingerprint density at radius 1 is 1.12 bits per heavy atom. The van der Waals surface area contributed by atoms with Crippen LogP contribution in [-0.4, -0.2) is 56.7 Å². The van der Waals surface area contributed by atoms with Gasteiger partial charge in [0.15, 0.2) is 0 Å². The number of halogens is 2. The predicted octanol–water partition coefficient (Wildman–Crippen LogP) is 3.08. The lowest BCUT2D eigenvalue weighted by Crippen LogP contribution is -2.51. The zero-order chi connectivity index (χ0) is 22.7. The van der Waals surface area contributed by atoms with Gasteiger partial charge in [0.1, 0.15) is 5.82 Å². The molecular formula is C23H24ClFN4O3. The average molecular weight is 459 g/mol. The second kappa shape index (κ2) is 9.58. The summed E-state index contributed by atoms with van der Waals surface area (Å²) in [6, 6.07) is 12.3. The molecule has 2 aromatic rings. The van der Waals surface area contributed by atoms with Gasteiger partial charge in [-0.1, -0.05) is 35.9 Å². The third kappa shape index (κ3) is 4.71. The minimum absolute atomic E-state index is 0.312. The Morgan fingerprint density at radius 3 is 2.47 bits per heavy atom. The van der Waals surface area contributed by atoms with Crippen LogP contribution in [-0.2, 0) is 9.53 Å². The molecule has 9 heteroatoms. The zero-order valence-electron chi connectivity index (χ0n) is 17.6. The van der Waals surface area contributed by atoms with Crippen LogP contribution in [0, 0.1) is 5.82 Å². The molecule has 168 valence electrons. The lowest BCUT2D eigenvalue weighted by atomic mass is 9.95. The molecule has 2 aliphatic heterocycles. The van der Waals surface area contributed by atoms with Crippen molar-refractivity contribution in [3.05, 3.63) is 76.2 Å². The number of esters is 1. The zero-order valence-corrected chi connectivity index (χ0v) is 18.4. The summed E-state index contributed by atoms with van der Waals surface area (Å²) in [6.07, 6.45) is 0. The largest absolute Gasteiger partial charge is 0.466 e. The molecule has 2 heterocycles. The SMILES string of the molecule is COC(=O)C1=C(CN2CCN(c3ccccc3Cl)CC2)NC(=O)N[C@H]1c1ccc(F)cc1. The highest BCUT2D eigenvalue weighted by molar-refractivity contribution is 6.33. The van der Waals surface area contributed by atoms with Crippen LogP contribution in [0.3, 0.4) is 0 Å². The van der Waals surface area contributed by atoms with Crippen molar-refractivity contribution in [1.82, 2.24) is 15.5 Å². The van der Waals surface area contributed by atoms with Gasteiger partial charge in [-0.05, 0) is 29.8 Å². The van der Waals surface area contributed by atoms with Gasteiger partial charge in [0.05, 0.1) is 29.4 Å². The maximum Gasteiger partial charge on any atom is 0.338 e. The van der Waals surface area contributed by atoms with E-state index in [-0.39, 0.29) is 0 Å². The fraction of sp³-hybridized carbons (Fsp3) is 0.304. The van der Waals surface area contributed by atoms with Crippen LogP contribution >= 0.6 is 11.6 Å². The van der Waals surface area contributed by atoms with Gasteiger partial charge in [-0.2, -0.15) is 0 Å². The summed E-state index contributed by atoms with van der Waals surface area (Å²) < 4.78 is 18.4. The van der Waals surface area contributed by atoms with Gasteiger partial charge in [0, 0.05) is 38.4 Å². The summed E-state index contributed by atoms with van der Waals surface area (Å²) in [5, 5.41) is 6.23. The summed E-state index contributed by atoms with van der Waals surface area (Å²) >= 11 is 6.33. The normalized spacial score (nSPS) is 19.4. The second-order valence-electron chi connectivity index (χ2n) is 7.68. The first-order valence-electron chi connectivity index (χ1n) is 10.3. The van der Waals surface area contributed by atoms with E-state index in [0.29, 0.717) is 28.4 Å². The van der Waals surface area contributed by atoms with Crippen molar-refractivity contribution in [2.45, 2.75) is 6.04 Å². The van der Waals surface area contributed by atoms with E-state index >= 15 is 0 Å². The van der Waals surface area contributed by atoms with Crippen molar-refractivity contribution < 1.29 is 18.7 Å². The number of rotatable bonds is 5. The van der Waals surface area contributed by atoms with E-state index in [4.69, 9.17) is 16.3 Å². The maximum absolute atomic E-state index is 13.4. The molecule has 0 spiro atoms. The fourth-order valence-corrected chi connectivity index (χ4v) is 4.33. The Hall–Kier alpha value is -3.10. The molecule has 2 N–H and O–H groups in total. The lowest BCUT2D eigenvalue weighted by Gasteiger charge is -2.38. The van der Waals surface area contributed by atoms with Crippen molar-refractivity contribution in [2.75, 3.05) is 44.7 Å². The Morgan fingerprint density at radius 2 is 1.81 bits per heavy atom. The van der Waals surface area contributed by atoms with Crippen LogP contribution in [0.5, 0.6) is 0 Å². The number of nitrogens with one attached hydrogen (secondary N) is 2. The number of amides is 2. The van der Waals surface area contributed by atoms with E-state index in [9.17, 15) is 14.0 Å². The van der Waals surface area contributed by atoms with Crippen LogP contribution < -0.4 is 15.5 Å². The second-order valence-corrected chi connectivity index (χ2v) is 8.09. The van der Waals surface area contributed by atoms with E-state index in [1.54, 1.807) is 12.1 Å². The summed E-state index contributed by atoms with van der Waals surface area (Å²) in [5.74, 6) is -0.939. The highest BCUT2D eigenvalue weighted by Crippen LogP contribution is 2.29. The van der Waals surface area contributed by atoms with E-state index in [1.807, 2.05) is 24.3 Å². The highest BCUT2D eigenvalue weighted by Gasteiger charge is 2.34. The van der Waals surface area contributed by atoms with Gasteiger partial charge >= 0.3 is 12.0 Å². The number of anilines is 1. The molecule has 1 atom stereocenters. The van der Waals surface area contributed by atoms with E-state index in [0.717, 1.165) is 31.9 Å². The molecular weight excluding hydrogens is 435 g/mol. The number of ether oxygens (including phenoxy) is 1. The Labute approximate surface area is 190 Å². The Bertz CT molecular complexity index is 1040. The van der Waals surface area contributed by atoms with Crippen LogP contribution in [0.1, 0.15) is 11.6 Å². The van der Waals surface area contributed by atoms with Gasteiger partial charge in [-0.3, -0.25) is 4.90 Å². The summed E-state index contributed by atoms with van der Waals surface area (Å²) in [5.41, 5.74) is 2.39. The summed E-state index contributed by atoms with van der Waals surface area (Å²) in [7, 11) is 1.30. The number of nitrogens with zero attached hydrogens (tertiary/aromatic N) is 2. The Balaban J connectivity index is 1.55. The molecule has 0 unspecified atom stereocenters. The van der Waals surface area contributed by atoms with Crippen molar-refractivity contribution in [3.63, 3.8) is 0 Å². The molecule has 2 amide bonds. The predicted molar refractivity (Wildman–Crippen MR) is 120 cm³/mol. The third-order valence-electron chi connectivity index (χ3n) is 5.71. The van der Waals surface area contributed by atoms with E-state index < -0.39 is 23.9 Å². The van der Waals surface area contributed by atoms with E-state index in [2.05, 4.69) is 20.4 Å². The number of hydrogen-bond donors (Lipinski definition) is 2. The maximum atomic E-state index is 13.4. The highest BCUT2D eigenvalue weighted by atomic mass is 35.5. The molecule has 0 bridgehead atoms. The molecule has 4 rings (SSSR count). The van der Waals surface area contributed by atoms with Crippen molar-refractivity contribution in [3.8, 4) is 0 Å². The molecule has 1 saturated heterocycles. The van der Waals surface area contributed by atoms with Crippen LogP contribution in [0.4, 0.5) is 14.9 Å². The van der Waals surface area contributed by atoms with Gasteiger partial charge in [0.2, 0.25) is 0 Å². The van der Waals surface area contributed by atoms with Crippen molar-refractivity contribution >= 4 is 29.3 Å². The number of methoxy groups -OCH3 is 1. The number of carbonyl (C=O) groups excluding carboxylic acids is 2. The van der Waals surface area contributed by atoms with Gasteiger partial charge in [0.25, 0.3) is 0 Å². The molecule has 2 aromatic carbocycles. The first-order valence-corrected chi connectivity index (χ1v) is 10.7. The van der Waals surface area contributed by atoms with E-state index in [1.165, 1.54) is 19.2 Å². The van der Waals surface area contributed by atoms with Gasteiger partial charge in [-0.15, -0.1) is 0 Å². The molecule has 2 aliphatic rings. The number of hydrogen-bond acceptors (Lipinski definition) is 5. The molecule has 0 saturated carbocycles. The standard InChI is InChI=1S/C23H24ClFN4O3/c1-32-22(30)20-18(26-23(31)27-21(20)15-6-8-16(25)9-7-15)14-28-10-12-29(13-11-28)19-5-3-2-4-17(19)24/h2-9,21H,10-14H2,1H3,(H2,26,27,31)/t21-/m0/s1. The van der Waals surface area contributed by atoms with Crippen molar-refractivity contribution in [1.29, 1.82) is 0 Å². The lowest BCUT2D eigenvalue weighted by molar-refractivity contribution is -0.136. The molecule has 32 heavy (non-hydrogen) atoms. The fourth-order valence-electron chi connectivity index (χ4n) is 4.08. The van der Waals surface area contributed by atoms with Gasteiger partial charge < -0.3 is 20.3 Å². The number of para-hydroxylation sites is 1. The molecule has 0 aliphatic carbocycles. The number of carbonyl (C=O) groups is 2. The summed E-state index contributed by atoms with van der Waals surface area (Å²) in [6.45, 7) is 3.36. The van der Waals surface area contributed by atoms with Gasteiger partial charge in [-0.25, -0.2) is 14.0 Å². The third-order valence-corrected chi connectivity index (χ3v) is 6.03. The minimum Gasteiger partial charge on any atom is -0.466 e. The van der Waals surface area contributed by atoms with Crippen LogP contribution in [0.2, 0.25) is 5.02 Å². The van der Waals surface area contributed by atoms with Crippen LogP contribution in [0.25, 0.3) is 0 Å². The first kappa shape index (κ1) is 22.1. The monoisotopic (exact) mass is 458 g/mol. The minimum atomic E-state index is -0.726. The quantitative estimate of drug-likeness (QED) is 0.674. The number of piperazine rings is 1. The molecule has 0 radical (unpaired) electrons. The van der Waals surface area contributed by atoms with Crippen LogP contribution in [0.15, 0.2) is 59.8 Å². The number of benzene rings is 2. The number of urea groups is 1. The average Bonchev–Trinajstić information content (AvgIpc) is 2.80. The van der Waals surface area contributed by atoms with Crippen molar-refractivity contribution in [2.24, 2.45) is 0 Å². The molecule has 7 nitrogen and oxygen atoms in total. The topological polar surface area (TPSA) is 73.9 Å². The molecule has 1 fully saturated rings. The first-order chi connectivity index (χ1) is 15.5.